The smallest absolute Gasteiger partial charge is 0.313 e. The number of rotatable bonds is 2. The number of aliphatic hydroxyl groups excluding tert-OH is 4. The monoisotopic (exact) mass is 769 g/mol. The number of methoxy groups -OCH3 is 1. The molecule has 0 fully saturated rings. The van der Waals surface area contributed by atoms with Crippen molar-refractivity contribution in [2.75, 3.05) is 19.2 Å². The predicted molar refractivity (Wildman–Crippen MR) is 198 cm³/mol. The standard InChI is InChI=1S/C40H51NO14/c1-16-12-11-13-17(2)38(49)41-28-19(4)36(55-23(8)42)24-25(33(28)47)31(45)21(6)35-26(24)34(53-15-54-35)18(3)14-40(9,51)37(48)22(7)32(46)27(39(50)52-10)30(44)20(5)29(16)43/h11-14,16,20,22,27,29-30,32,37,43-44,46-48,51H,15H2,1-10H3,(H,41,49)/b12-11+,17-13+,18-14+/t16-,20+,22+,27+,29-,30-,32-,37+,40+/m1/s1. The van der Waals surface area contributed by atoms with Crippen molar-refractivity contribution < 1.29 is 68.8 Å². The van der Waals surface area contributed by atoms with Crippen LogP contribution in [0.1, 0.15) is 76.9 Å². The van der Waals surface area contributed by atoms with E-state index in [9.17, 15) is 49.8 Å². The maximum Gasteiger partial charge on any atom is 0.313 e. The minimum absolute atomic E-state index is 0.00256. The number of nitrogens with one attached hydrogen (secondary N) is 1. The molecule has 3 heterocycles. The van der Waals surface area contributed by atoms with Crippen LogP contribution in [-0.2, 0) is 28.6 Å². The number of carbonyl (C=O) groups is 4. The van der Waals surface area contributed by atoms with Gasteiger partial charge < -0.3 is 54.9 Å². The van der Waals surface area contributed by atoms with Crippen molar-refractivity contribution in [3.8, 4) is 11.5 Å². The molecule has 7 N–H and O–H groups in total. The van der Waals surface area contributed by atoms with Gasteiger partial charge in [0, 0.05) is 47.0 Å². The fourth-order valence-corrected chi connectivity index (χ4v) is 7.28. The molecule has 1 amide bonds. The third-order valence-corrected chi connectivity index (χ3v) is 10.6. The number of hydrogen-bond donors (Lipinski definition) is 7. The summed E-state index contributed by atoms with van der Waals surface area (Å²) in [7, 11) is 1.06. The average molecular weight is 770 g/mol. The van der Waals surface area contributed by atoms with Crippen LogP contribution in [0.15, 0.2) is 52.5 Å². The molecule has 15 nitrogen and oxygen atoms in total. The number of Topliss-reactive ketones (excluding diaryl/α,β-unsaturated/α-hetero) is 1. The van der Waals surface area contributed by atoms with Gasteiger partial charge in [0.25, 0.3) is 5.91 Å². The average Bonchev–Trinajstić information content (AvgIpc) is 3.13. The van der Waals surface area contributed by atoms with E-state index in [1.165, 1.54) is 66.7 Å². The minimum Gasteiger partial charge on any atom is -0.505 e. The summed E-state index contributed by atoms with van der Waals surface area (Å²) in [6, 6.07) is 0. The lowest BCUT2D eigenvalue weighted by Crippen LogP contribution is -2.53. The minimum atomic E-state index is -2.17. The molecule has 15 heteroatoms. The van der Waals surface area contributed by atoms with Crippen LogP contribution in [0.4, 0.5) is 5.69 Å². The first-order valence-electron chi connectivity index (χ1n) is 17.8. The molecule has 0 aromatic heterocycles. The van der Waals surface area contributed by atoms with Gasteiger partial charge >= 0.3 is 11.9 Å². The Morgan fingerprint density at radius 2 is 1.51 bits per heavy atom. The van der Waals surface area contributed by atoms with Crippen LogP contribution < -0.4 is 10.1 Å². The molecule has 5 rings (SSSR count). The number of benzene rings is 1. The Morgan fingerprint density at radius 3 is 2.11 bits per heavy atom. The summed E-state index contributed by atoms with van der Waals surface area (Å²) in [6.45, 7) is 12.3. The number of carbonyl (C=O) groups excluding carboxylic acids is 4. The largest absolute Gasteiger partial charge is 0.505 e. The van der Waals surface area contributed by atoms with Gasteiger partial charge in [-0.3, -0.25) is 19.2 Å². The van der Waals surface area contributed by atoms with Gasteiger partial charge in [-0.15, -0.1) is 0 Å². The zero-order valence-electron chi connectivity index (χ0n) is 32.6. The van der Waals surface area contributed by atoms with Gasteiger partial charge in [-0.05, 0) is 46.3 Å². The zero-order valence-corrected chi connectivity index (χ0v) is 32.6. The third kappa shape index (κ3) is 8.12. The molecule has 0 radical (unpaired) electrons. The van der Waals surface area contributed by atoms with Gasteiger partial charge in [-0.1, -0.05) is 39.0 Å². The normalized spacial score (nSPS) is 33.3. The number of hydrogen-bond acceptors (Lipinski definition) is 14. The summed E-state index contributed by atoms with van der Waals surface area (Å²) in [6.07, 6.45) is -0.878. The first-order valence-corrected chi connectivity index (χ1v) is 17.8. The van der Waals surface area contributed by atoms with Gasteiger partial charge in [0.2, 0.25) is 6.79 Å². The molecule has 1 aliphatic carbocycles. The van der Waals surface area contributed by atoms with Crippen molar-refractivity contribution in [3.05, 3.63) is 69.2 Å². The SMILES string of the molecule is COC(=O)[C@H]1[C@H](O)[C@@H](C)[C@H](O)[C@H](C)/C=C/C=C(\C)C(=O)Nc2c(C)c(OC(C)=O)c3c(c2O)C(=O)C(C)=C2OCOC(=C23)/C(C)=C/[C@](C)(O)[C@@H](O)[C@@H](C)[C@H]1O. The van der Waals surface area contributed by atoms with Crippen molar-refractivity contribution in [1.82, 2.24) is 0 Å². The fraction of sp³-hybridized carbons (Fsp3) is 0.500. The summed E-state index contributed by atoms with van der Waals surface area (Å²) in [4.78, 5) is 53.0. The summed E-state index contributed by atoms with van der Waals surface area (Å²) >= 11 is 0. The number of anilines is 1. The molecule has 300 valence electrons. The second-order valence-corrected chi connectivity index (χ2v) is 14.7. The molecule has 1 aromatic rings. The summed E-state index contributed by atoms with van der Waals surface area (Å²) < 4.78 is 22.3. The number of aliphatic hydroxyl groups is 5. The van der Waals surface area contributed by atoms with Gasteiger partial charge in [0.05, 0.1) is 48.3 Å². The van der Waals surface area contributed by atoms with Crippen LogP contribution in [0.3, 0.4) is 0 Å². The van der Waals surface area contributed by atoms with E-state index >= 15 is 0 Å². The Kier molecular flexibility index (Phi) is 12.9. The Labute approximate surface area is 319 Å². The van der Waals surface area contributed by atoms with Crippen molar-refractivity contribution in [2.24, 2.45) is 23.7 Å². The molecule has 4 bridgehead atoms. The van der Waals surface area contributed by atoms with Crippen LogP contribution in [-0.4, -0.2) is 98.2 Å². The molecule has 3 aliphatic heterocycles. The Bertz CT molecular complexity index is 1920. The van der Waals surface area contributed by atoms with E-state index < -0.39 is 89.9 Å². The lowest BCUT2D eigenvalue weighted by atomic mass is 9.75. The van der Waals surface area contributed by atoms with Crippen molar-refractivity contribution in [2.45, 2.75) is 92.3 Å². The van der Waals surface area contributed by atoms with Crippen LogP contribution in [0.5, 0.6) is 11.5 Å². The van der Waals surface area contributed by atoms with Crippen molar-refractivity contribution in [3.63, 3.8) is 0 Å². The van der Waals surface area contributed by atoms with E-state index in [1.807, 2.05) is 0 Å². The maximum absolute atomic E-state index is 14.0. The van der Waals surface area contributed by atoms with Crippen LogP contribution in [0.25, 0.3) is 5.57 Å². The molecule has 9 atom stereocenters. The Balaban J connectivity index is 2.07. The highest BCUT2D eigenvalue weighted by molar-refractivity contribution is 6.21. The zero-order chi connectivity index (χ0) is 41.4. The molecule has 0 saturated heterocycles. The number of ketones is 1. The van der Waals surface area contributed by atoms with Gasteiger partial charge in [0.15, 0.2) is 11.5 Å². The van der Waals surface area contributed by atoms with Gasteiger partial charge in [0.1, 0.15) is 28.8 Å². The molecule has 0 saturated carbocycles. The molecule has 0 spiro atoms. The Hall–Kier alpha value is -4.80. The number of allylic oxidation sites excluding steroid dienone is 5. The summed E-state index contributed by atoms with van der Waals surface area (Å²) in [5.74, 6) is -8.68. The Morgan fingerprint density at radius 1 is 0.909 bits per heavy atom. The number of amides is 1. The maximum atomic E-state index is 14.0. The highest BCUT2D eigenvalue weighted by atomic mass is 16.7. The number of phenols is 1. The predicted octanol–water partition coefficient (Wildman–Crippen LogP) is 3.10. The number of fused-ring (bicyclic) bond motifs is 14. The second kappa shape index (κ2) is 16.5. The fourth-order valence-electron chi connectivity index (χ4n) is 7.28. The molecular formula is C40H51NO14. The van der Waals surface area contributed by atoms with Crippen molar-refractivity contribution >= 4 is 34.9 Å². The quantitative estimate of drug-likeness (QED) is 0.130. The molecular weight excluding hydrogens is 718 g/mol. The first kappa shape index (κ1) is 42.9. The molecule has 4 aliphatic rings. The number of phenolic OH excluding ortho intramolecular Hbond substituents is 1. The van der Waals surface area contributed by atoms with E-state index in [0.29, 0.717) is 0 Å². The number of esters is 2. The van der Waals surface area contributed by atoms with E-state index in [1.54, 1.807) is 13.0 Å². The molecule has 0 unspecified atom stereocenters. The summed E-state index contributed by atoms with van der Waals surface area (Å²) in [5, 5.41) is 71.8. The van der Waals surface area contributed by atoms with E-state index in [4.69, 9.17) is 18.9 Å². The van der Waals surface area contributed by atoms with Crippen LogP contribution >= 0.6 is 0 Å². The van der Waals surface area contributed by atoms with E-state index in [2.05, 4.69) is 5.32 Å². The number of ether oxygens (including phenoxy) is 4. The lowest BCUT2D eigenvalue weighted by molar-refractivity contribution is -0.168. The first-order chi connectivity index (χ1) is 25.6. The highest BCUT2D eigenvalue weighted by Gasteiger charge is 2.47. The number of aromatic hydroxyl groups is 1. The van der Waals surface area contributed by atoms with E-state index in [0.717, 1.165) is 14.0 Å². The lowest BCUT2D eigenvalue weighted by Gasteiger charge is -2.39. The van der Waals surface area contributed by atoms with Crippen LogP contribution in [0.2, 0.25) is 0 Å². The second-order valence-electron chi connectivity index (χ2n) is 14.7. The van der Waals surface area contributed by atoms with Gasteiger partial charge in [-0.2, -0.15) is 0 Å². The van der Waals surface area contributed by atoms with Crippen molar-refractivity contribution in [1.29, 1.82) is 0 Å². The highest BCUT2D eigenvalue weighted by Crippen LogP contribution is 2.53. The van der Waals surface area contributed by atoms with Crippen LogP contribution in [0, 0.1) is 30.6 Å². The summed E-state index contributed by atoms with van der Waals surface area (Å²) in [5.41, 5.74) is -2.34. The van der Waals surface area contributed by atoms with E-state index in [-0.39, 0.29) is 61.9 Å². The molecule has 1 aromatic carbocycles. The van der Waals surface area contributed by atoms with Gasteiger partial charge in [-0.25, -0.2) is 0 Å². The topological polar surface area (TPSA) is 239 Å². The third-order valence-electron chi connectivity index (χ3n) is 10.6. The molecule has 55 heavy (non-hydrogen) atoms.